The highest BCUT2D eigenvalue weighted by Gasteiger charge is 2.02. The molecule has 0 aliphatic carbocycles. The van der Waals surface area contributed by atoms with Gasteiger partial charge in [0, 0.05) is 12.6 Å². The van der Waals surface area contributed by atoms with E-state index in [2.05, 4.69) is 29.4 Å². The average molecular weight is 210 g/mol. The summed E-state index contributed by atoms with van der Waals surface area (Å²) in [5, 5.41) is 3.54. The Balaban J connectivity index is 2.40. The third-order valence-electron chi connectivity index (χ3n) is 2.52. The fourth-order valence-corrected chi connectivity index (χ4v) is 1.75. The van der Waals surface area contributed by atoms with E-state index in [1.54, 1.807) is 6.21 Å². The molecule has 0 atom stereocenters. The third kappa shape index (κ3) is 2.28. The molecule has 0 aromatic heterocycles. The van der Waals surface area contributed by atoms with Crippen LogP contribution in [0.2, 0.25) is 0 Å². The van der Waals surface area contributed by atoms with Gasteiger partial charge in [0.15, 0.2) is 0 Å². The van der Waals surface area contributed by atoms with Crippen LogP contribution < -0.4 is 5.84 Å². The van der Waals surface area contributed by atoms with E-state index in [9.17, 15) is 0 Å². The van der Waals surface area contributed by atoms with E-state index in [0.717, 1.165) is 6.42 Å². The number of benzene rings is 2. The Bertz CT molecular complexity index is 475. The van der Waals surface area contributed by atoms with E-state index < -0.39 is 0 Å². The van der Waals surface area contributed by atoms with E-state index in [-0.39, 0.29) is 0 Å². The number of hydrogen-bond acceptors (Lipinski definition) is 2. The molecule has 2 rings (SSSR count). The summed E-state index contributed by atoms with van der Waals surface area (Å²) in [5.41, 5.74) is 3.70. The van der Waals surface area contributed by atoms with Gasteiger partial charge in [-0.15, -0.1) is 0 Å². The lowest BCUT2D eigenvalue weighted by atomic mass is 9.98. The second-order valence-electron chi connectivity index (χ2n) is 3.56. The standard InChI is InChI=1S/C14H14N2/c15-16-11-10-13-8-4-5-9-14(13)12-6-2-1-3-7-12/h1-9,11H,10,15H2. The summed E-state index contributed by atoms with van der Waals surface area (Å²) < 4.78 is 0. The molecule has 0 aliphatic rings. The van der Waals surface area contributed by atoms with Gasteiger partial charge >= 0.3 is 0 Å². The predicted octanol–water partition coefficient (Wildman–Crippen LogP) is 2.84. The van der Waals surface area contributed by atoms with Gasteiger partial charge in [0.05, 0.1) is 0 Å². The van der Waals surface area contributed by atoms with Gasteiger partial charge in [-0.05, 0) is 16.7 Å². The molecule has 0 fully saturated rings. The smallest absolute Gasteiger partial charge is 0.0284 e. The monoisotopic (exact) mass is 210 g/mol. The lowest BCUT2D eigenvalue weighted by molar-refractivity contribution is 1.23. The van der Waals surface area contributed by atoms with E-state index in [0.29, 0.717) is 0 Å². The molecule has 2 N–H and O–H groups in total. The highest BCUT2D eigenvalue weighted by molar-refractivity contribution is 5.72. The van der Waals surface area contributed by atoms with Crippen molar-refractivity contribution in [2.75, 3.05) is 0 Å². The second kappa shape index (κ2) is 5.12. The highest BCUT2D eigenvalue weighted by atomic mass is 15.1. The van der Waals surface area contributed by atoms with Crippen molar-refractivity contribution < 1.29 is 0 Å². The minimum atomic E-state index is 0.765. The molecule has 0 radical (unpaired) electrons. The Kier molecular flexibility index (Phi) is 3.34. The Labute approximate surface area is 95.4 Å². The zero-order chi connectivity index (χ0) is 11.2. The number of hydrogen-bond donors (Lipinski definition) is 1. The lowest BCUT2D eigenvalue weighted by Gasteiger charge is -2.07. The maximum absolute atomic E-state index is 5.13. The zero-order valence-corrected chi connectivity index (χ0v) is 9.01. The van der Waals surface area contributed by atoms with Gasteiger partial charge in [0.25, 0.3) is 0 Å². The number of rotatable bonds is 3. The summed E-state index contributed by atoms with van der Waals surface area (Å²) in [4.78, 5) is 0. The van der Waals surface area contributed by atoms with E-state index in [4.69, 9.17) is 5.84 Å². The molecule has 2 heteroatoms. The van der Waals surface area contributed by atoms with E-state index in [1.165, 1.54) is 16.7 Å². The molecule has 0 saturated carbocycles. The summed E-state index contributed by atoms with van der Waals surface area (Å²) in [6.07, 6.45) is 2.49. The predicted molar refractivity (Wildman–Crippen MR) is 68.3 cm³/mol. The molecule has 0 amide bonds. The van der Waals surface area contributed by atoms with Crippen LogP contribution in [-0.2, 0) is 6.42 Å². The first kappa shape index (κ1) is 10.4. The highest BCUT2D eigenvalue weighted by Crippen LogP contribution is 2.23. The van der Waals surface area contributed by atoms with Crippen LogP contribution in [0.5, 0.6) is 0 Å². The molecule has 80 valence electrons. The molecular formula is C14H14N2. The van der Waals surface area contributed by atoms with Gasteiger partial charge in [-0.3, -0.25) is 0 Å². The fourth-order valence-electron chi connectivity index (χ4n) is 1.75. The largest absolute Gasteiger partial charge is 0.324 e. The summed E-state index contributed by atoms with van der Waals surface area (Å²) in [6, 6.07) is 18.6. The second-order valence-corrected chi connectivity index (χ2v) is 3.56. The van der Waals surface area contributed by atoms with Gasteiger partial charge in [-0.1, -0.05) is 54.6 Å². The van der Waals surface area contributed by atoms with Crippen LogP contribution in [0.4, 0.5) is 0 Å². The molecule has 0 aliphatic heterocycles. The summed E-state index contributed by atoms with van der Waals surface area (Å²) in [5.74, 6) is 5.13. The number of hydrazone groups is 1. The Morgan fingerprint density at radius 3 is 2.38 bits per heavy atom. The molecule has 0 heterocycles. The lowest BCUT2D eigenvalue weighted by Crippen LogP contribution is -1.92. The van der Waals surface area contributed by atoms with Crippen LogP contribution in [0.15, 0.2) is 59.7 Å². The van der Waals surface area contributed by atoms with E-state index >= 15 is 0 Å². The van der Waals surface area contributed by atoms with Gasteiger partial charge in [-0.2, -0.15) is 5.10 Å². The molecule has 0 bridgehead atoms. The molecule has 16 heavy (non-hydrogen) atoms. The van der Waals surface area contributed by atoms with Crippen molar-refractivity contribution >= 4 is 6.21 Å². The molecule has 2 nitrogen and oxygen atoms in total. The minimum absolute atomic E-state index is 0.765. The van der Waals surface area contributed by atoms with Crippen molar-refractivity contribution in [3.05, 3.63) is 60.2 Å². The van der Waals surface area contributed by atoms with Crippen LogP contribution in [0.25, 0.3) is 11.1 Å². The van der Waals surface area contributed by atoms with Gasteiger partial charge in [0.2, 0.25) is 0 Å². The first-order valence-electron chi connectivity index (χ1n) is 5.27. The molecule has 2 aromatic carbocycles. The first-order chi connectivity index (χ1) is 7.92. The molecule has 2 aromatic rings. The van der Waals surface area contributed by atoms with Gasteiger partial charge < -0.3 is 5.84 Å². The number of nitrogens with two attached hydrogens (primary N) is 1. The molecule has 0 saturated heterocycles. The maximum atomic E-state index is 5.13. The van der Waals surface area contributed by atoms with Crippen molar-refractivity contribution in [3.63, 3.8) is 0 Å². The first-order valence-corrected chi connectivity index (χ1v) is 5.27. The SMILES string of the molecule is NN=CCc1ccccc1-c1ccccc1. The van der Waals surface area contributed by atoms with Crippen molar-refractivity contribution in [2.45, 2.75) is 6.42 Å². The van der Waals surface area contributed by atoms with Crippen LogP contribution in [-0.4, -0.2) is 6.21 Å². The molecule has 0 unspecified atom stereocenters. The minimum Gasteiger partial charge on any atom is -0.324 e. The van der Waals surface area contributed by atoms with Crippen LogP contribution in [0, 0.1) is 0 Å². The number of nitrogens with zero attached hydrogens (tertiary/aromatic N) is 1. The van der Waals surface area contributed by atoms with Crippen molar-refractivity contribution in [2.24, 2.45) is 10.9 Å². The quantitative estimate of drug-likeness (QED) is 0.472. The normalized spacial score (nSPS) is 10.8. The molecular weight excluding hydrogens is 196 g/mol. The van der Waals surface area contributed by atoms with E-state index in [1.807, 2.05) is 30.3 Å². The average Bonchev–Trinajstić information content (AvgIpc) is 2.38. The van der Waals surface area contributed by atoms with Crippen molar-refractivity contribution in [3.8, 4) is 11.1 Å². The van der Waals surface area contributed by atoms with Crippen LogP contribution in [0.1, 0.15) is 5.56 Å². The topological polar surface area (TPSA) is 38.4 Å². The molecule has 0 spiro atoms. The van der Waals surface area contributed by atoms with Crippen LogP contribution >= 0.6 is 0 Å². The third-order valence-corrected chi connectivity index (χ3v) is 2.52. The fraction of sp³-hybridized carbons (Fsp3) is 0.0714. The Morgan fingerprint density at radius 2 is 1.62 bits per heavy atom. The maximum Gasteiger partial charge on any atom is 0.0284 e. The Hall–Kier alpha value is -2.09. The van der Waals surface area contributed by atoms with Gasteiger partial charge in [-0.25, -0.2) is 0 Å². The summed E-state index contributed by atoms with van der Waals surface area (Å²) >= 11 is 0. The summed E-state index contributed by atoms with van der Waals surface area (Å²) in [6.45, 7) is 0. The van der Waals surface area contributed by atoms with Crippen molar-refractivity contribution in [1.82, 2.24) is 0 Å². The Morgan fingerprint density at radius 1 is 0.938 bits per heavy atom. The van der Waals surface area contributed by atoms with Gasteiger partial charge in [0.1, 0.15) is 0 Å². The van der Waals surface area contributed by atoms with Crippen LogP contribution in [0.3, 0.4) is 0 Å². The summed E-state index contributed by atoms with van der Waals surface area (Å²) in [7, 11) is 0. The van der Waals surface area contributed by atoms with Crippen molar-refractivity contribution in [1.29, 1.82) is 0 Å². The zero-order valence-electron chi connectivity index (χ0n) is 9.01.